The fourth-order valence-corrected chi connectivity index (χ4v) is 1.42. The molecule has 0 spiro atoms. The van der Waals surface area contributed by atoms with Crippen LogP contribution in [0.2, 0.25) is 0 Å². The highest BCUT2D eigenvalue weighted by Gasteiger charge is 2.05. The van der Waals surface area contributed by atoms with Crippen molar-refractivity contribution in [1.29, 1.82) is 0 Å². The monoisotopic (exact) mass is 218 g/mol. The number of benzene rings is 1. The first-order valence-corrected chi connectivity index (χ1v) is 4.76. The van der Waals surface area contributed by atoms with E-state index in [9.17, 15) is 4.39 Å². The first-order chi connectivity index (χ1) is 7.70. The standard InChI is InChI=1S/C12H11FN2O/c1-16-11-6-8(2-4-10(11)13)9-3-5-12(14)15-7-9/h2-7H,1H3,(H2,14,15). The second-order valence-corrected chi connectivity index (χ2v) is 3.32. The number of rotatable bonds is 2. The minimum Gasteiger partial charge on any atom is -0.494 e. The predicted octanol–water partition coefficient (Wildman–Crippen LogP) is 2.48. The Kier molecular flexibility index (Phi) is 2.72. The summed E-state index contributed by atoms with van der Waals surface area (Å²) >= 11 is 0. The number of hydrogen-bond acceptors (Lipinski definition) is 3. The highest BCUT2D eigenvalue weighted by molar-refractivity contribution is 5.65. The van der Waals surface area contributed by atoms with Crippen LogP contribution in [0.15, 0.2) is 36.5 Å². The summed E-state index contributed by atoms with van der Waals surface area (Å²) in [7, 11) is 1.43. The number of nitrogen functional groups attached to an aromatic ring is 1. The average molecular weight is 218 g/mol. The minimum atomic E-state index is -0.380. The van der Waals surface area contributed by atoms with Gasteiger partial charge in [-0.1, -0.05) is 6.07 Å². The van der Waals surface area contributed by atoms with Gasteiger partial charge in [-0.05, 0) is 29.8 Å². The number of aromatic nitrogens is 1. The van der Waals surface area contributed by atoms with E-state index in [-0.39, 0.29) is 11.6 Å². The van der Waals surface area contributed by atoms with E-state index in [2.05, 4.69) is 4.98 Å². The third-order valence-electron chi connectivity index (χ3n) is 2.27. The van der Waals surface area contributed by atoms with Gasteiger partial charge >= 0.3 is 0 Å². The number of methoxy groups -OCH3 is 1. The van der Waals surface area contributed by atoms with Crippen LogP contribution < -0.4 is 10.5 Å². The van der Waals surface area contributed by atoms with Crippen LogP contribution in [0, 0.1) is 5.82 Å². The second kappa shape index (κ2) is 4.18. The van der Waals surface area contributed by atoms with E-state index in [1.54, 1.807) is 24.4 Å². The maximum absolute atomic E-state index is 13.2. The van der Waals surface area contributed by atoms with Gasteiger partial charge in [-0.3, -0.25) is 0 Å². The fraction of sp³-hybridized carbons (Fsp3) is 0.0833. The van der Waals surface area contributed by atoms with Crippen molar-refractivity contribution >= 4 is 5.82 Å². The van der Waals surface area contributed by atoms with Crippen molar-refractivity contribution in [1.82, 2.24) is 4.98 Å². The molecule has 1 aromatic carbocycles. The zero-order chi connectivity index (χ0) is 11.5. The summed E-state index contributed by atoms with van der Waals surface area (Å²) in [6.07, 6.45) is 1.64. The number of nitrogens with zero attached hydrogens (tertiary/aromatic N) is 1. The van der Waals surface area contributed by atoms with Gasteiger partial charge in [-0.25, -0.2) is 9.37 Å². The van der Waals surface area contributed by atoms with Crippen LogP contribution in [0.1, 0.15) is 0 Å². The van der Waals surface area contributed by atoms with Crippen LogP contribution in [0.25, 0.3) is 11.1 Å². The number of anilines is 1. The number of ether oxygens (including phenoxy) is 1. The molecule has 3 nitrogen and oxygen atoms in total. The lowest BCUT2D eigenvalue weighted by Gasteiger charge is -2.05. The molecule has 0 saturated carbocycles. The molecular formula is C12H11FN2O. The van der Waals surface area contributed by atoms with E-state index in [1.807, 2.05) is 6.07 Å². The van der Waals surface area contributed by atoms with Crippen molar-refractivity contribution < 1.29 is 9.13 Å². The zero-order valence-corrected chi connectivity index (χ0v) is 8.77. The van der Waals surface area contributed by atoms with Gasteiger partial charge in [0.25, 0.3) is 0 Å². The lowest BCUT2D eigenvalue weighted by atomic mass is 10.1. The lowest BCUT2D eigenvalue weighted by molar-refractivity contribution is 0.387. The van der Waals surface area contributed by atoms with E-state index in [4.69, 9.17) is 10.5 Å². The maximum atomic E-state index is 13.2. The molecule has 0 atom stereocenters. The van der Waals surface area contributed by atoms with Gasteiger partial charge in [0, 0.05) is 11.8 Å². The molecule has 0 amide bonds. The molecular weight excluding hydrogens is 207 g/mol. The molecule has 0 aliphatic rings. The van der Waals surface area contributed by atoms with E-state index >= 15 is 0 Å². The Balaban J connectivity index is 2.44. The molecule has 0 fully saturated rings. The molecule has 16 heavy (non-hydrogen) atoms. The molecule has 2 aromatic rings. The average Bonchev–Trinajstić information content (AvgIpc) is 2.31. The summed E-state index contributed by atoms with van der Waals surface area (Å²) in [4.78, 5) is 3.98. The van der Waals surface area contributed by atoms with Gasteiger partial charge in [0.2, 0.25) is 0 Å². The van der Waals surface area contributed by atoms with Crippen LogP contribution in [0.3, 0.4) is 0 Å². The molecule has 0 bridgehead atoms. The zero-order valence-electron chi connectivity index (χ0n) is 8.77. The smallest absolute Gasteiger partial charge is 0.165 e. The SMILES string of the molecule is COc1cc(-c2ccc(N)nc2)ccc1F. The minimum absolute atomic E-state index is 0.217. The van der Waals surface area contributed by atoms with Crippen molar-refractivity contribution in [3.05, 3.63) is 42.3 Å². The maximum Gasteiger partial charge on any atom is 0.165 e. The number of nitrogens with two attached hydrogens (primary N) is 1. The Morgan fingerprint density at radius 2 is 1.94 bits per heavy atom. The largest absolute Gasteiger partial charge is 0.494 e. The summed E-state index contributed by atoms with van der Waals surface area (Å²) in [5, 5.41) is 0. The normalized spacial score (nSPS) is 10.1. The molecule has 1 heterocycles. The Hall–Kier alpha value is -2.10. The Labute approximate surface area is 92.7 Å². The third-order valence-corrected chi connectivity index (χ3v) is 2.27. The highest BCUT2D eigenvalue weighted by atomic mass is 19.1. The molecule has 1 aromatic heterocycles. The summed E-state index contributed by atoms with van der Waals surface area (Å²) in [6.45, 7) is 0. The van der Waals surface area contributed by atoms with E-state index in [0.717, 1.165) is 11.1 Å². The number of halogens is 1. The van der Waals surface area contributed by atoms with Crippen molar-refractivity contribution in [3.63, 3.8) is 0 Å². The lowest BCUT2D eigenvalue weighted by Crippen LogP contribution is -1.91. The molecule has 2 N–H and O–H groups in total. The van der Waals surface area contributed by atoms with Gasteiger partial charge in [0.1, 0.15) is 5.82 Å². The first kappa shape index (κ1) is 10.4. The summed E-state index contributed by atoms with van der Waals surface area (Å²) in [5.74, 6) is 0.293. The molecule has 0 radical (unpaired) electrons. The van der Waals surface area contributed by atoms with Crippen molar-refractivity contribution in [2.24, 2.45) is 0 Å². The van der Waals surface area contributed by atoms with E-state index < -0.39 is 0 Å². The molecule has 0 aliphatic carbocycles. The van der Waals surface area contributed by atoms with Gasteiger partial charge in [0.05, 0.1) is 7.11 Å². The highest BCUT2D eigenvalue weighted by Crippen LogP contribution is 2.25. The molecule has 82 valence electrons. The molecule has 0 aliphatic heterocycles. The Morgan fingerprint density at radius 3 is 2.56 bits per heavy atom. The predicted molar refractivity (Wildman–Crippen MR) is 60.6 cm³/mol. The van der Waals surface area contributed by atoms with Gasteiger partial charge in [-0.2, -0.15) is 0 Å². The molecule has 0 saturated heterocycles. The Morgan fingerprint density at radius 1 is 1.19 bits per heavy atom. The van der Waals surface area contributed by atoms with Crippen LogP contribution in [0.5, 0.6) is 5.75 Å². The summed E-state index contributed by atoms with van der Waals surface area (Å²) < 4.78 is 18.1. The van der Waals surface area contributed by atoms with E-state index in [0.29, 0.717) is 5.82 Å². The van der Waals surface area contributed by atoms with Crippen LogP contribution >= 0.6 is 0 Å². The van der Waals surface area contributed by atoms with Crippen LogP contribution in [0.4, 0.5) is 10.2 Å². The second-order valence-electron chi connectivity index (χ2n) is 3.32. The summed E-state index contributed by atoms with van der Waals surface area (Å²) in [5.41, 5.74) is 7.20. The molecule has 2 rings (SSSR count). The fourth-order valence-electron chi connectivity index (χ4n) is 1.42. The van der Waals surface area contributed by atoms with Crippen molar-refractivity contribution in [2.45, 2.75) is 0 Å². The quantitative estimate of drug-likeness (QED) is 0.842. The van der Waals surface area contributed by atoms with E-state index in [1.165, 1.54) is 13.2 Å². The third kappa shape index (κ3) is 1.95. The van der Waals surface area contributed by atoms with Crippen molar-refractivity contribution in [2.75, 3.05) is 12.8 Å². The topological polar surface area (TPSA) is 48.1 Å². The summed E-state index contributed by atoms with van der Waals surface area (Å²) in [6, 6.07) is 8.19. The molecule has 0 unspecified atom stereocenters. The number of pyridine rings is 1. The first-order valence-electron chi connectivity index (χ1n) is 4.76. The van der Waals surface area contributed by atoms with Crippen LogP contribution in [-0.2, 0) is 0 Å². The van der Waals surface area contributed by atoms with Gasteiger partial charge < -0.3 is 10.5 Å². The van der Waals surface area contributed by atoms with Crippen LogP contribution in [-0.4, -0.2) is 12.1 Å². The van der Waals surface area contributed by atoms with Gasteiger partial charge in [-0.15, -0.1) is 0 Å². The molecule has 4 heteroatoms. The van der Waals surface area contributed by atoms with Gasteiger partial charge in [0.15, 0.2) is 11.6 Å². The number of hydrogen-bond donors (Lipinski definition) is 1. The van der Waals surface area contributed by atoms with Crippen molar-refractivity contribution in [3.8, 4) is 16.9 Å². The Bertz CT molecular complexity index is 497.